The Morgan fingerprint density at radius 3 is 2.78 bits per heavy atom. The van der Waals surface area contributed by atoms with E-state index < -0.39 is 0 Å². The number of benzene rings is 1. The average molecular weight is 252 g/mol. The zero-order valence-electron chi connectivity index (χ0n) is 11.1. The minimum atomic E-state index is -0.371. The van der Waals surface area contributed by atoms with Crippen LogP contribution in [0, 0.1) is 23.0 Å². The third-order valence-electron chi connectivity index (χ3n) is 2.36. The fourth-order valence-electron chi connectivity index (χ4n) is 1.52. The van der Waals surface area contributed by atoms with Crippen LogP contribution in [-0.2, 0) is 4.74 Å². The Bertz CT molecular complexity index is 405. The van der Waals surface area contributed by atoms with Crippen molar-refractivity contribution in [1.29, 1.82) is 0 Å². The fraction of sp³-hybridized carbons (Fsp3) is 0.538. The van der Waals surface area contributed by atoms with Crippen LogP contribution in [0.1, 0.15) is 19.4 Å². The first-order chi connectivity index (χ1) is 8.50. The molecule has 1 N–H and O–H groups in total. The van der Waals surface area contributed by atoms with Crippen LogP contribution in [0.4, 0.5) is 11.4 Å². The standard InChI is InChI=1S/C13H20N2O3/c1-10(2)9-18-7-6-14-12-5-4-11(3)8-13(12)15(16)17/h4-5,8,10,14H,6-7,9H2,1-3H3. The Kier molecular flexibility index (Phi) is 5.58. The summed E-state index contributed by atoms with van der Waals surface area (Å²) in [6, 6.07) is 5.15. The Morgan fingerprint density at radius 1 is 1.44 bits per heavy atom. The van der Waals surface area contributed by atoms with E-state index in [2.05, 4.69) is 19.2 Å². The molecule has 0 unspecified atom stereocenters. The lowest BCUT2D eigenvalue weighted by molar-refractivity contribution is -0.384. The van der Waals surface area contributed by atoms with Gasteiger partial charge in [0.2, 0.25) is 0 Å². The number of rotatable bonds is 7. The lowest BCUT2D eigenvalue weighted by atomic mass is 10.2. The van der Waals surface area contributed by atoms with Gasteiger partial charge in [-0.25, -0.2) is 0 Å². The molecule has 1 aromatic rings. The predicted octanol–water partition coefficient (Wildman–Crippen LogP) is 2.99. The van der Waals surface area contributed by atoms with Gasteiger partial charge in [-0.3, -0.25) is 10.1 Å². The maximum atomic E-state index is 10.9. The molecule has 0 atom stereocenters. The van der Waals surface area contributed by atoms with E-state index in [-0.39, 0.29) is 10.6 Å². The van der Waals surface area contributed by atoms with Crippen LogP contribution in [0.15, 0.2) is 18.2 Å². The van der Waals surface area contributed by atoms with Gasteiger partial charge in [0.25, 0.3) is 5.69 Å². The molecule has 18 heavy (non-hydrogen) atoms. The molecule has 100 valence electrons. The molecule has 0 bridgehead atoms. The molecule has 0 saturated carbocycles. The smallest absolute Gasteiger partial charge is 0.292 e. The third kappa shape index (κ3) is 4.71. The van der Waals surface area contributed by atoms with Crippen molar-refractivity contribution in [3.63, 3.8) is 0 Å². The van der Waals surface area contributed by atoms with Crippen molar-refractivity contribution >= 4 is 11.4 Å². The van der Waals surface area contributed by atoms with Crippen molar-refractivity contribution in [2.24, 2.45) is 5.92 Å². The molecule has 0 aliphatic rings. The summed E-state index contributed by atoms with van der Waals surface area (Å²) in [7, 11) is 0. The second kappa shape index (κ2) is 6.96. The first kappa shape index (κ1) is 14.4. The molecule has 0 amide bonds. The summed E-state index contributed by atoms with van der Waals surface area (Å²) in [5, 5.41) is 13.9. The monoisotopic (exact) mass is 252 g/mol. The van der Waals surface area contributed by atoms with Crippen LogP contribution in [0.25, 0.3) is 0 Å². The van der Waals surface area contributed by atoms with Gasteiger partial charge in [0.1, 0.15) is 5.69 Å². The second-order valence-corrected chi connectivity index (χ2v) is 4.67. The topological polar surface area (TPSA) is 64.4 Å². The summed E-state index contributed by atoms with van der Waals surface area (Å²) in [5.74, 6) is 0.499. The summed E-state index contributed by atoms with van der Waals surface area (Å²) in [6.07, 6.45) is 0. The normalized spacial score (nSPS) is 10.7. The van der Waals surface area contributed by atoms with E-state index in [9.17, 15) is 10.1 Å². The van der Waals surface area contributed by atoms with Gasteiger partial charge in [-0.05, 0) is 24.5 Å². The van der Waals surface area contributed by atoms with E-state index in [1.807, 2.05) is 13.0 Å². The van der Waals surface area contributed by atoms with Crippen molar-refractivity contribution in [3.05, 3.63) is 33.9 Å². The van der Waals surface area contributed by atoms with E-state index in [1.165, 1.54) is 0 Å². The van der Waals surface area contributed by atoms with Crippen LogP contribution >= 0.6 is 0 Å². The molecule has 5 nitrogen and oxygen atoms in total. The first-order valence-electron chi connectivity index (χ1n) is 6.07. The highest BCUT2D eigenvalue weighted by molar-refractivity contribution is 5.62. The van der Waals surface area contributed by atoms with Crippen molar-refractivity contribution < 1.29 is 9.66 Å². The Balaban J connectivity index is 2.49. The highest BCUT2D eigenvalue weighted by Gasteiger charge is 2.12. The van der Waals surface area contributed by atoms with Gasteiger partial charge in [0.15, 0.2) is 0 Å². The SMILES string of the molecule is Cc1ccc(NCCOCC(C)C)c([N+](=O)[O-])c1. The molecule has 5 heteroatoms. The molecule has 0 aliphatic heterocycles. The third-order valence-corrected chi connectivity index (χ3v) is 2.36. The van der Waals surface area contributed by atoms with Gasteiger partial charge in [-0.1, -0.05) is 19.9 Å². The van der Waals surface area contributed by atoms with Crippen molar-refractivity contribution in [2.45, 2.75) is 20.8 Å². The number of anilines is 1. The van der Waals surface area contributed by atoms with Gasteiger partial charge in [-0.2, -0.15) is 0 Å². The molecule has 0 aromatic heterocycles. The maximum absolute atomic E-state index is 10.9. The Labute approximate surface area is 107 Å². The molecule has 1 rings (SSSR count). The largest absolute Gasteiger partial charge is 0.379 e. The van der Waals surface area contributed by atoms with Gasteiger partial charge in [-0.15, -0.1) is 0 Å². The van der Waals surface area contributed by atoms with Crippen LogP contribution in [0.3, 0.4) is 0 Å². The second-order valence-electron chi connectivity index (χ2n) is 4.67. The number of nitro benzene ring substituents is 1. The number of nitrogens with zero attached hydrogens (tertiary/aromatic N) is 1. The Morgan fingerprint density at radius 2 is 2.17 bits per heavy atom. The average Bonchev–Trinajstić information content (AvgIpc) is 2.29. The first-order valence-corrected chi connectivity index (χ1v) is 6.07. The molecular formula is C13H20N2O3. The lowest BCUT2D eigenvalue weighted by Gasteiger charge is -2.09. The molecule has 1 aromatic carbocycles. The number of ether oxygens (including phenoxy) is 1. The minimum absolute atomic E-state index is 0.110. The molecular weight excluding hydrogens is 232 g/mol. The zero-order chi connectivity index (χ0) is 13.5. The number of hydrogen-bond acceptors (Lipinski definition) is 4. The molecule has 0 radical (unpaired) electrons. The summed E-state index contributed by atoms with van der Waals surface area (Å²) in [6.45, 7) is 7.82. The highest BCUT2D eigenvalue weighted by Crippen LogP contribution is 2.24. The van der Waals surface area contributed by atoms with Crippen molar-refractivity contribution in [3.8, 4) is 0 Å². The van der Waals surface area contributed by atoms with Crippen LogP contribution < -0.4 is 5.32 Å². The number of hydrogen-bond donors (Lipinski definition) is 1. The Hall–Kier alpha value is -1.62. The van der Waals surface area contributed by atoms with Crippen LogP contribution in [0.2, 0.25) is 0 Å². The summed E-state index contributed by atoms with van der Waals surface area (Å²) in [5.41, 5.74) is 1.53. The van der Waals surface area contributed by atoms with Crippen molar-refractivity contribution in [1.82, 2.24) is 0 Å². The van der Waals surface area contributed by atoms with Crippen molar-refractivity contribution in [2.75, 3.05) is 25.1 Å². The van der Waals surface area contributed by atoms with E-state index in [1.54, 1.807) is 12.1 Å². The van der Waals surface area contributed by atoms with Gasteiger partial charge in [0, 0.05) is 19.2 Å². The van der Waals surface area contributed by atoms with Gasteiger partial charge in [0.05, 0.1) is 11.5 Å². The molecule has 0 spiro atoms. The maximum Gasteiger partial charge on any atom is 0.292 e. The van der Waals surface area contributed by atoms with E-state index >= 15 is 0 Å². The molecule has 0 heterocycles. The highest BCUT2D eigenvalue weighted by atomic mass is 16.6. The predicted molar refractivity (Wildman–Crippen MR) is 72.0 cm³/mol. The summed E-state index contributed by atoms with van der Waals surface area (Å²) in [4.78, 5) is 10.5. The molecule has 0 saturated heterocycles. The minimum Gasteiger partial charge on any atom is -0.379 e. The molecule has 0 aliphatic carbocycles. The number of aryl methyl sites for hydroxylation is 1. The fourth-order valence-corrected chi connectivity index (χ4v) is 1.52. The lowest BCUT2D eigenvalue weighted by Crippen LogP contribution is -2.13. The number of nitrogens with one attached hydrogen (secondary N) is 1. The molecule has 0 fully saturated rings. The van der Waals surface area contributed by atoms with E-state index in [0.29, 0.717) is 31.4 Å². The van der Waals surface area contributed by atoms with Gasteiger partial charge >= 0.3 is 0 Å². The summed E-state index contributed by atoms with van der Waals surface area (Å²) >= 11 is 0. The van der Waals surface area contributed by atoms with E-state index in [0.717, 1.165) is 5.56 Å². The van der Waals surface area contributed by atoms with E-state index in [4.69, 9.17) is 4.74 Å². The van der Waals surface area contributed by atoms with Crippen LogP contribution in [0.5, 0.6) is 0 Å². The summed E-state index contributed by atoms with van der Waals surface area (Å²) < 4.78 is 5.41. The quantitative estimate of drug-likeness (QED) is 0.460. The van der Waals surface area contributed by atoms with Gasteiger partial charge < -0.3 is 10.1 Å². The van der Waals surface area contributed by atoms with Crippen LogP contribution in [-0.4, -0.2) is 24.7 Å². The zero-order valence-corrected chi connectivity index (χ0v) is 11.1. The number of nitro groups is 1.